The number of thioether (sulfide) groups is 1. The molecule has 0 saturated carbocycles. The third-order valence-corrected chi connectivity index (χ3v) is 3.41. The largest absolute Gasteiger partial charge is 0.325 e. The molecule has 112 valence electrons. The summed E-state index contributed by atoms with van der Waals surface area (Å²) in [6, 6.07) is 16.5. The molecule has 0 aliphatic carbocycles. The van der Waals surface area contributed by atoms with Crippen molar-refractivity contribution in [2.75, 3.05) is 11.1 Å². The number of anilines is 1. The number of amides is 1. The van der Waals surface area contributed by atoms with Crippen molar-refractivity contribution in [2.45, 2.75) is 6.92 Å². The molecule has 2 rings (SSSR count). The molecule has 1 N–H and O–H groups in total. The molecule has 0 heterocycles. The summed E-state index contributed by atoms with van der Waals surface area (Å²) in [6.07, 6.45) is 0. The van der Waals surface area contributed by atoms with Crippen LogP contribution in [0.2, 0.25) is 0 Å². The molecule has 1 amide bonds. The summed E-state index contributed by atoms with van der Waals surface area (Å²) < 4.78 is 0. The Morgan fingerprint density at radius 1 is 0.955 bits per heavy atom. The molecule has 2 aromatic rings. The zero-order valence-electron chi connectivity index (χ0n) is 12.0. The lowest BCUT2D eigenvalue weighted by molar-refractivity contribution is -0.114. The second-order valence-corrected chi connectivity index (χ2v) is 5.56. The molecule has 0 fully saturated rings. The average molecular weight is 313 g/mol. The Morgan fingerprint density at radius 2 is 1.55 bits per heavy atom. The summed E-state index contributed by atoms with van der Waals surface area (Å²) in [5.74, 6) is -0.0935. The molecular weight excluding hydrogens is 298 g/mol. The number of azo groups is 1. The van der Waals surface area contributed by atoms with E-state index in [0.29, 0.717) is 11.4 Å². The van der Waals surface area contributed by atoms with Crippen LogP contribution in [0.15, 0.2) is 64.8 Å². The lowest BCUT2D eigenvalue weighted by atomic mass is 10.3. The summed E-state index contributed by atoms with van der Waals surface area (Å²) in [6.45, 7) is 1.44. The van der Waals surface area contributed by atoms with E-state index < -0.39 is 0 Å². The van der Waals surface area contributed by atoms with E-state index in [2.05, 4.69) is 15.5 Å². The van der Waals surface area contributed by atoms with E-state index in [1.54, 1.807) is 24.3 Å². The standard InChI is InChI=1S/C16H15N3O2S/c1-12(20)22-11-16(21)17-13-7-9-15(10-8-13)19-18-14-5-3-2-4-6-14/h2-10H,11H2,1H3,(H,17,21). The molecule has 0 aliphatic rings. The minimum atomic E-state index is -0.209. The number of nitrogens with one attached hydrogen (secondary N) is 1. The normalized spacial score (nSPS) is 10.6. The van der Waals surface area contributed by atoms with Gasteiger partial charge < -0.3 is 5.32 Å². The number of benzene rings is 2. The van der Waals surface area contributed by atoms with E-state index in [4.69, 9.17) is 0 Å². The Bertz CT molecular complexity index is 670. The van der Waals surface area contributed by atoms with E-state index in [-0.39, 0.29) is 16.8 Å². The van der Waals surface area contributed by atoms with Gasteiger partial charge in [0.25, 0.3) is 0 Å². The van der Waals surface area contributed by atoms with Gasteiger partial charge in [0.15, 0.2) is 5.12 Å². The Hall–Kier alpha value is -2.47. The lowest BCUT2D eigenvalue weighted by Crippen LogP contribution is -2.14. The Kier molecular flexibility index (Phi) is 5.85. The maximum absolute atomic E-state index is 11.6. The molecule has 0 radical (unpaired) electrons. The van der Waals surface area contributed by atoms with Gasteiger partial charge in [0.1, 0.15) is 0 Å². The van der Waals surface area contributed by atoms with Crippen LogP contribution in [0.4, 0.5) is 17.1 Å². The second-order valence-electron chi connectivity index (χ2n) is 4.41. The van der Waals surface area contributed by atoms with Crippen LogP contribution < -0.4 is 5.32 Å². The van der Waals surface area contributed by atoms with E-state index in [9.17, 15) is 9.59 Å². The highest BCUT2D eigenvalue weighted by Gasteiger charge is 2.04. The van der Waals surface area contributed by atoms with Crippen molar-refractivity contribution in [3.8, 4) is 0 Å². The molecule has 5 nitrogen and oxygen atoms in total. The number of hydrogen-bond donors (Lipinski definition) is 1. The SMILES string of the molecule is CC(=O)SCC(=O)Nc1ccc(N=Nc2ccccc2)cc1. The van der Waals surface area contributed by atoms with Crippen molar-refractivity contribution in [2.24, 2.45) is 10.2 Å². The van der Waals surface area contributed by atoms with Gasteiger partial charge in [-0.15, -0.1) is 0 Å². The minimum Gasteiger partial charge on any atom is -0.325 e. The second kappa shape index (κ2) is 8.09. The molecule has 0 bridgehead atoms. The van der Waals surface area contributed by atoms with Gasteiger partial charge in [-0.2, -0.15) is 10.2 Å². The third-order valence-electron chi connectivity index (χ3n) is 2.59. The molecule has 0 saturated heterocycles. The Morgan fingerprint density at radius 3 is 2.14 bits per heavy atom. The highest BCUT2D eigenvalue weighted by molar-refractivity contribution is 8.14. The monoisotopic (exact) mass is 313 g/mol. The van der Waals surface area contributed by atoms with Crippen LogP contribution in [0.3, 0.4) is 0 Å². The highest BCUT2D eigenvalue weighted by atomic mass is 32.2. The first kappa shape index (κ1) is 15.9. The predicted molar refractivity (Wildman–Crippen MR) is 88.8 cm³/mol. The number of carbonyl (C=O) groups excluding carboxylic acids is 2. The third kappa shape index (κ3) is 5.49. The fourth-order valence-electron chi connectivity index (χ4n) is 1.59. The summed E-state index contributed by atoms with van der Waals surface area (Å²) in [4.78, 5) is 22.4. The van der Waals surface area contributed by atoms with Gasteiger partial charge >= 0.3 is 0 Å². The van der Waals surface area contributed by atoms with Crippen molar-refractivity contribution in [1.82, 2.24) is 0 Å². The van der Waals surface area contributed by atoms with Crippen LogP contribution >= 0.6 is 11.8 Å². The first-order valence-corrected chi connectivity index (χ1v) is 7.62. The predicted octanol–water partition coefficient (Wildman–Crippen LogP) is 4.32. The molecule has 0 spiro atoms. The van der Waals surface area contributed by atoms with Crippen LogP contribution in [0.1, 0.15) is 6.92 Å². The van der Waals surface area contributed by atoms with Crippen molar-refractivity contribution in [3.05, 3.63) is 54.6 Å². The molecule has 22 heavy (non-hydrogen) atoms. The Labute approximate surface area is 132 Å². The highest BCUT2D eigenvalue weighted by Crippen LogP contribution is 2.20. The van der Waals surface area contributed by atoms with Gasteiger partial charge in [0.2, 0.25) is 5.91 Å². The number of carbonyl (C=O) groups is 2. The van der Waals surface area contributed by atoms with E-state index in [0.717, 1.165) is 17.4 Å². The van der Waals surface area contributed by atoms with Crippen molar-refractivity contribution >= 4 is 39.8 Å². The quantitative estimate of drug-likeness (QED) is 0.836. The molecule has 2 aromatic carbocycles. The van der Waals surface area contributed by atoms with Crippen molar-refractivity contribution < 1.29 is 9.59 Å². The number of nitrogens with zero attached hydrogens (tertiary/aromatic N) is 2. The van der Waals surface area contributed by atoms with E-state index in [1.807, 2.05) is 30.3 Å². The first-order chi connectivity index (χ1) is 10.6. The molecule has 6 heteroatoms. The molecule has 0 atom stereocenters. The summed E-state index contributed by atoms with van der Waals surface area (Å²) in [5.41, 5.74) is 2.13. The molecule has 0 aromatic heterocycles. The summed E-state index contributed by atoms with van der Waals surface area (Å²) in [7, 11) is 0. The van der Waals surface area contributed by atoms with Crippen LogP contribution in [0, 0.1) is 0 Å². The van der Waals surface area contributed by atoms with Gasteiger partial charge in [0, 0.05) is 12.6 Å². The van der Waals surface area contributed by atoms with Crippen LogP contribution in [0.5, 0.6) is 0 Å². The van der Waals surface area contributed by atoms with E-state index in [1.165, 1.54) is 6.92 Å². The fraction of sp³-hybridized carbons (Fsp3) is 0.125. The van der Waals surface area contributed by atoms with Crippen molar-refractivity contribution in [3.63, 3.8) is 0 Å². The van der Waals surface area contributed by atoms with Crippen LogP contribution in [-0.2, 0) is 9.59 Å². The maximum atomic E-state index is 11.6. The zero-order valence-corrected chi connectivity index (χ0v) is 12.8. The zero-order chi connectivity index (χ0) is 15.8. The van der Waals surface area contributed by atoms with Gasteiger partial charge in [-0.05, 0) is 36.4 Å². The van der Waals surface area contributed by atoms with E-state index >= 15 is 0 Å². The average Bonchev–Trinajstić information content (AvgIpc) is 2.53. The van der Waals surface area contributed by atoms with Gasteiger partial charge in [0.05, 0.1) is 17.1 Å². The maximum Gasteiger partial charge on any atom is 0.234 e. The topological polar surface area (TPSA) is 70.9 Å². The molecule has 0 aliphatic heterocycles. The van der Waals surface area contributed by atoms with Crippen LogP contribution in [0.25, 0.3) is 0 Å². The summed E-state index contributed by atoms with van der Waals surface area (Å²) >= 11 is 0.983. The van der Waals surface area contributed by atoms with Crippen LogP contribution in [-0.4, -0.2) is 16.8 Å². The van der Waals surface area contributed by atoms with Crippen molar-refractivity contribution in [1.29, 1.82) is 0 Å². The number of hydrogen-bond acceptors (Lipinski definition) is 5. The smallest absolute Gasteiger partial charge is 0.234 e. The number of rotatable bonds is 5. The first-order valence-electron chi connectivity index (χ1n) is 6.63. The minimum absolute atomic E-state index is 0.0770. The molecular formula is C16H15N3O2S. The Balaban J connectivity index is 1.91. The van der Waals surface area contributed by atoms with Gasteiger partial charge in [-0.25, -0.2) is 0 Å². The summed E-state index contributed by atoms with van der Waals surface area (Å²) in [5, 5.41) is 10.9. The fourth-order valence-corrected chi connectivity index (χ4v) is 1.99. The molecule has 0 unspecified atom stereocenters. The lowest BCUT2D eigenvalue weighted by Gasteiger charge is -2.04. The van der Waals surface area contributed by atoms with Gasteiger partial charge in [-0.3, -0.25) is 9.59 Å². The van der Waals surface area contributed by atoms with Gasteiger partial charge in [-0.1, -0.05) is 30.0 Å².